The Morgan fingerprint density at radius 2 is 1.21 bits per heavy atom. The van der Waals surface area contributed by atoms with Gasteiger partial charge >= 0.3 is 0 Å². The minimum Gasteiger partial charge on any atom is -0.480 e. The molecule has 4 heteroatoms. The third-order valence-corrected chi connectivity index (χ3v) is 3.62. The first kappa shape index (κ1) is 15.4. The summed E-state index contributed by atoms with van der Waals surface area (Å²) in [4.78, 5) is 25.8. The van der Waals surface area contributed by atoms with Gasteiger partial charge in [0.2, 0.25) is 5.78 Å². The monoisotopic (exact) mass is 316 g/mol. The maximum atomic E-state index is 13.0. The van der Waals surface area contributed by atoms with Crippen molar-refractivity contribution in [3.8, 4) is 36.2 Å². The molecular weight excluding hydrogens is 304 g/mol. The van der Waals surface area contributed by atoms with Crippen molar-refractivity contribution in [3.05, 3.63) is 58.7 Å². The number of benzene rings is 2. The van der Waals surface area contributed by atoms with Crippen LogP contribution in [0.5, 0.6) is 11.5 Å². The number of terminal acetylenes is 2. The van der Waals surface area contributed by atoms with E-state index in [2.05, 4.69) is 11.8 Å². The lowest BCUT2D eigenvalue weighted by Gasteiger charge is -2.21. The summed E-state index contributed by atoms with van der Waals surface area (Å²) in [5, 5.41) is 0. The highest BCUT2D eigenvalue weighted by atomic mass is 16.5. The van der Waals surface area contributed by atoms with E-state index >= 15 is 0 Å². The molecule has 4 nitrogen and oxygen atoms in total. The Kier molecular flexibility index (Phi) is 4.05. The van der Waals surface area contributed by atoms with Crippen LogP contribution in [-0.2, 0) is 0 Å². The SMILES string of the molecule is C#CCOc1cccc2c1C(=O)c1c(OCC#C)cccc1C2=O. The van der Waals surface area contributed by atoms with Gasteiger partial charge in [-0.25, -0.2) is 0 Å². The molecule has 1 aliphatic carbocycles. The summed E-state index contributed by atoms with van der Waals surface area (Å²) >= 11 is 0. The van der Waals surface area contributed by atoms with Crippen LogP contribution in [0.4, 0.5) is 0 Å². The Labute approximate surface area is 139 Å². The first-order chi connectivity index (χ1) is 11.7. The summed E-state index contributed by atoms with van der Waals surface area (Å²) in [5.74, 6) is 4.63. The molecule has 0 N–H and O–H groups in total. The van der Waals surface area contributed by atoms with Crippen LogP contribution in [0.25, 0.3) is 0 Å². The van der Waals surface area contributed by atoms with Gasteiger partial charge in [-0.2, -0.15) is 0 Å². The Morgan fingerprint density at radius 1 is 0.750 bits per heavy atom. The van der Waals surface area contributed by atoms with Gasteiger partial charge in [0.1, 0.15) is 24.7 Å². The van der Waals surface area contributed by atoms with Crippen molar-refractivity contribution in [2.24, 2.45) is 0 Å². The van der Waals surface area contributed by atoms with Crippen molar-refractivity contribution >= 4 is 11.6 Å². The second-order valence-corrected chi connectivity index (χ2v) is 5.00. The van der Waals surface area contributed by atoms with Gasteiger partial charge in [-0.3, -0.25) is 9.59 Å². The predicted molar refractivity (Wildman–Crippen MR) is 88.4 cm³/mol. The van der Waals surface area contributed by atoms with Crippen LogP contribution < -0.4 is 9.47 Å². The zero-order valence-electron chi connectivity index (χ0n) is 12.7. The van der Waals surface area contributed by atoms with Gasteiger partial charge in [0.25, 0.3) is 0 Å². The molecule has 0 unspecified atom stereocenters. The Morgan fingerprint density at radius 3 is 1.62 bits per heavy atom. The molecule has 0 saturated carbocycles. The summed E-state index contributed by atoms with van der Waals surface area (Å²) in [6, 6.07) is 9.71. The first-order valence-corrected chi connectivity index (χ1v) is 7.17. The fourth-order valence-electron chi connectivity index (χ4n) is 2.66. The van der Waals surface area contributed by atoms with Crippen molar-refractivity contribution < 1.29 is 19.1 Å². The van der Waals surface area contributed by atoms with E-state index in [-0.39, 0.29) is 58.5 Å². The summed E-state index contributed by atoms with van der Waals surface area (Å²) in [6.07, 6.45) is 10.4. The number of hydrogen-bond acceptors (Lipinski definition) is 4. The highest BCUT2D eigenvalue weighted by molar-refractivity contribution is 6.30. The van der Waals surface area contributed by atoms with E-state index < -0.39 is 0 Å². The molecule has 0 saturated heterocycles. The van der Waals surface area contributed by atoms with E-state index in [0.717, 1.165) is 0 Å². The van der Waals surface area contributed by atoms with Crippen LogP contribution in [0.3, 0.4) is 0 Å². The summed E-state index contributed by atoms with van der Waals surface area (Å²) in [6.45, 7) is 0.0000423. The van der Waals surface area contributed by atoms with Gasteiger partial charge < -0.3 is 9.47 Å². The molecule has 0 radical (unpaired) electrons. The summed E-state index contributed by atoms with van der Waals surface area (Å²) in [5.41, 5.74) is 0.969. The average Bonchev–Trinajstić information content (AvgIpc) is 2.62. The fourth-order valence-corrected chi connectivity index (χ4v) is 2.66. The number of ketones is 2. The normalized spacial score (nSPS) is 11.8. The number of hydrogen-bond donors (Lipinski definition) is 0. The van der Waals surface area contributed by atoms with E-state index in [0.29, 0.717) is 0 Å². The summed E-state index contributed by atoms with van der Waals surface area (Å²) in [7, 11) is 0. The molecule has 0 aromatic heterocycles. The summed E-state index contributed by atoms with van der Waals surface area (Å²) < 4.78 is 10.9. The first-order valence-electron chi connectivity index (χ1n) is 7.17. The van der Waals surface area contributed by atoms with Gasteiger partial charge in [0.05, 0.1) is 11.1 Å². The van der Waals surface area contributed by atoms with Crippen LogP contribution in [0, 0.1) is 24.7 Å². The highest BCUT2D eigenvalue weighted by Crippen LogP contribution is 2.37. The van der Waals surface area contributed by atoms with Gasteiger partial charge in [0, 0.05) is 11.1 Å². The third kappa shape index (κ3) is 2.41. The zero-order valence-corrected chi connectivity index (χ0v) is 12.7. The van der Waals surface area contributed by atoms with Gasteiger partial charge in [-0.05, 0) is 12.1 Å². The largest absolute Gasteiger partial charge is 0.480 e. The highest BCUT2D eigenvalue weighted by Gasteiger charge is 2.34. The molecule has 2 aromatic rings. The van der Waals surface area contributed by atoms with Gasteiger partial charge in [0.15, 0.2) is 5.78 Å². The number of carbonyl (C=O) groups is 2. The average molecular weight is 316 g/mol. The van der Waals surface area contributed by atoms with Crippen LogP contribution in [0.15, 0.2) is 36.4 Å². The number of fused-ring (bicyclic) bond motifs is 2. The van der Waals surface area contributed by atoms with Crippen molar-refractivity contribution in [3.63, 3.8) is 0 Å². The minimum absolute atomic E-state index is 0.0000212. The number of ether oxygens (including phenoxy) is 2. The quantitative estimate of drug-likeness (QED) is 0.694. The van der Waals surface area contributed by atoms with Crippen LogP contribution in [0.2, 0.25) is 0 Å². The topological polar surface area (TPSA) is 52.6 Å². The molecule has 0 heterocycles. The molecule has 0 fully saturated rings. The lowest BCUT2D eigenvalue weighted by Crippen LogP contribution is -2.23. The Bertz CT molecular complexity index is 852. The Hall–Kier alpha value is -3.50. The molecule has 1 aliphatic rings. The molecule has 0 atom stereocenters. The van der Waals surface area contributed by atoms with Crippen LogP contribution in [0.1, 0.15) is 31.8 Å². The maximum Gasteiger partial charge on any atom is 0.201 e. The molecule has 0 bridgehead atoms. The lowest BCUT2D eigenvalue weighted by molar-refractivity contribution is 0.0973. The standard InChI is InChI=1S/C20H12O4/c1-3-11-23-15-9-5-7-13-17(15)20(22)18-14(19(13)21)8-6-10-16(18)24-12-4-2/h1-2,5-10H,11-12H2. The molecule has 0 aliphatic heterocycles. The van der Waals surface area contributed by atoms with Crippen LogP contribution in [-0.4, -0.2) is 24.8 Å². The molecule has 116 valence electrons. The second-order valence-electron chi connectivity index (χ2n) is 5.00. The van der Waals surface area contributed by atoms with E-state index in [1.165, 1.54) is 0 Å². The second kappa shape index (κ2) is 6.32. The number of carbonyl (C=O) groups excluding carboxylic acids is 2. The van der Waals surface area contributed by atoms with Crippen molar-refractivity contribution in [1.29, 1.82) is 0 Å². The molecule has 2 aromatic carbocycles. The molecule has 0 spiro atoms. The van der Waals surface area contributed by atoms with Gasteiger partial charge in [-0.1, -0.05) is 36.1 Å². The maximum absolute atomic E-state index is 13.0. The van der Waals surface area contributed by atoms with Crippen LogP contribution >= 0.6 is 0 Å². The van der Waals surface area contributed by atoms with E-state index in [4.69, 9.17) is 22.3 Å². The van der Waals surface area contributed by atoms with Crippen molar-refractivity contribution in [2.75, 3.05) is 13.2 Å². The fraction of sp³-hybridized carbons (Fsp3) is 0.100. The van der Waals surface area contributed by atoms with Crippen molar-refractivity contribution in [1.82, 2.24) is 0 Å². The zero-order chi connectivity index (χ0) is 17.1. The van der Waals surface area contributed by atoms with Gasteiger partial charge in [-0.15, -0.1) is 12.8 Å². The molecule has 0 amide bonds. The number of rotatable bonds is 4. The molecule has 3 rings (SSSR count). The van der Waals surface area contributed by atoms with E-state index in [1.807, 2.05) is 0 Å². The molecule has 24 heavy (non-hydrogen) atoms. The lowest BCUT2D eigenvalue weighted by atomic mass is 9.83. The van der Waals surface area contributed by atoms with E-state index in [9.17, 15) is 9.59 Å². The van der Waals surface area contributed by atoms with Crippen molar-refractivity contribution in [2.45, 2.75) is 0 Å². The van der Waals surface area contributed by atoms with E-state index in [1.54, 1.807) is 36.4 Å². The third-order valence-electron chi connectivity index (χ3n) is 3.62. The smallest absolute Gasteiger partial charge is 0.201 e. The minimum atomic E-state index is -0.347. The molecular formula is C20H12O4. The Balaban J connectivity index is 2.17. The predicted octanol–water partition coefficient (Wildman–Crippen LogP) is 2.49.